The van der Waals surface area contributed by atoms with Gasteiger partial charge in [0.2, 0.25) is 0 Å². The second-order valence-corrected chi connectivity index (χ2v) is 9.62. The minimum atomic E-state index is -0.743. The molecule has 166 valence electrons. The van der Waals surface area contributed by atoms with Crippen molar-refractivity contribution < 1.29 is 9.90 Å². The lowest BCUT2D eigenvalue weighted by Gasteiger charge is -2.33. The molecule has 2 unspecified atom stereocenters. The number of aliphatic carboxylic acids is 1. The molecule has 0 fully saturated rings. The number of benzene rings is 2. The van der Waals surface area contributed by atoms with Gasteiger partial charge in [-0.15, -0.1) is 0 Å². The predicted molar refractivity (Wildman–Crippen MR) is 129 cm³/mol. The first-order chi connectivity index (χ1) is 14.9. The smallest absolute Gasteiger partial charge is 0.311 e. The van der Waals surface area contributed by atoms with E-state index in [9.17, 15) is 9.90 Å². The van der Waals surface area contributed by atoms with E-state index in [-0.39, 0.29) is 5.92 Å². The van der Waals surface area contributed by atoms with E-state index in [1.807, 2.05) is 30.3 Å². The molecule has 0 saturated carbocycles. The average Bonchev–Trinajstić information content (AvgIpc) is 2.73. The van der Waals surface area contributed by atoms with Gasteiger partial charge in [-0.25, -0.2) is 0 Å². The van der Waals surface area contributed by atoms with Gasteiger partial charge >= 0.3 is 5.97 Å². The van der Waals surface area contributed by atoms with Crippen LogP contribution in [0.15, 0.2) is 65.7 Å². The normalized spacial score (nSPS) is 16.6. The van der Waals surface area contributed by atoms with Gasteiger partial charge in [0.25, 0.3) is 0 Å². The van der Waals surface area contributed by atoms with E-state index in [1.54, 1.807) is 0 Å². The van der Waals surface area contributed by atoms with Gasteiger partial charge in [-0.1, -0.05) is 79.6 Å². The van der Waals surface area contributed by atoms with Crippen LogP contribution in [-0.2, 0) is 11.2 Å². The molecule has 2 aromatic rings. The lowest BCUT2D eigenvalue weighted by atomic mass is 9.72. The Kier molecular flexibility index (Phi) is 8.09. The van der Waals surface area contributed by atoms with Gasteiger partial charge in [0.05, 0.1) is 5.92 Å². The molecule has 0 spiro atoms. The van der Waals surface area contributed by atoms with E-state index >= 15 is 0 Å². The molecule has 3 rings (SSSR count). The maximum Gasteiger partial charge on any atom is 0.311 e. The number of allylic oxidation sites excluding steroid dienone is 1. The topological polar surface area (TPSA) is 40.5 Å². The Bertz CT molecular complexity index is 881. The van der Waals surface area contributed by atoms with Crippen molar-refractivity contribution in [3.05, 3.63) is 82.4 Å². The van der Waals surface area contributed by atoms with Crippen molar-refractivity contribution in [2.75, 3.05) is 20.6 Å². The molecule has 1 N–H and O–H groups in total. The van der Waals surface area contributed by atoms with Crippen LogP contribution in [0.1, 0.15) is 68.1 Å². The third-order valence-corrected chi connectivity index (χ3v) is 6.25. The molecule has 0 radical (unpaired) electrons. The average molecular weight is 420 g/mol. The largest absolute Gasteiger partial charge is 0.481 e. The van der Waals surface area contributed by atoms with Crippen molar-refractivity contribution in [1.82, 2.24) is 4.90 Å². The zero-order chi connectivity index (χ0) is 22.4. The number of carboxylic acid groups (broad SMARTS) is 1. The molecule has 2 atom stereocenters. The van der Waals surface area contributed by atoms with Crippen molar-refractivity contribution in [3.8, 4) is 0 Å². The maximum atomic E-state index is 12.7. The van der Waals surface area contributed by atoms with Crippen LogP contribution in [0, 0.1) is 5.92 Å². The standard InChI is InChI=1S/C28H37NO2/c1-20(2)18-21-14-16-23(17-15-21)27(28(30)31)26(22-10-6-5-7-11-22)25-13-9-8-12-24(25)19-29(3)4/h5-7,10-11,14-17,20,26-27H,8-9,12-13,18-19H2,1-4H3,(H,30,31). The number of hydrogen-bond donors (Lipinski definition) is 1. The first-order valence-corrected chi connectivity index (χ1v) is 11.6. The van der Waals surface area contributed by atoms with Crippen molar-refractivity contribution in [2.24, 2.45) is 5.92 Å². The summed E-state index contributed by atoms with van der Waals surface area (Å²) in [6.07, 6.45) is 5.39. The van der Waals surface area contributed by atoms with Crippen molar-refractivity contribution in [2.45, 2.75) is 57.8 Å². The van der Waals surface area contributed by atoms with Crippen LogP contribution in [0.25, 0.3) is 0 Å². The van der Waals surface area contributed by atoms with Crippen LogP contribution < -0.4 is 0 Å². The Morgan fingerprint density at radius 3 is 2.16 bits per heavy atom. The highest BCUT2D eigenvalue weighted by atomic mass is 16.4. The molecule has 0 heterocycles. The summed E-state index contributed by atoms with van der Waals surface area (Å²) in [6.45, 7) is 5.32. The Hall–Kier alpha value is -2.39. The maximum absolute atomic E-state index is 12.7. The predicted octanol–water partition coefficient (Wildman–Crippen LogP) is 6.27. The quantitative estimate of drug-likeness (QED) is 0.487. The number of nitrogens with zero attached hydrogens (tertiary/aromatic N) is 1. The van der Waals surface area contributed by atoms with Gasteiger partial charge in [0.15, 0.2) is 0 Å². The summed E-state index contributed by atoms with van der Waals surface area (Å²) < 4.78 is 0. The second-order valence-electron chi connectivity index (χ2n) is 9.62. The van der Waals surface area contributed by atoms with Crippen LogP contribution in [0.5, 0.6) is 0 Å². The van der Waals surface area contributed by atoms with Gasteiger partial charge in [-0.2, -0.15) is 0 Å². The van der Waals surface area contributed by atoms with Gasteiger partial charge in [-0.3, -0.25) is 4.79 Å². The summed E-state index contributed by atoms with van der Waals surface area (Å²) in [5.41, 5.74) is 6.03. The highest BCUT2D eigenvalue weighted by Gasteiger charge is 2.35. The SMILES string of the molecule is CC(C)Cc1ccc(C(C(=O)O)C(C2=C(CN(C)C)CCCC2)c2ccccc2)cc1. The fourth-order valence-electron chi connectivity index (χ4n) is 4.99. The summed E-state index contributed by atoms with van der Waals surface area (Å²) in [5, 5.41) is 10.4. The fourth-order valence-corrected chi connectivity index (χ4v) is 4.99. The molecule has 3 heteroatoms. The van der Waals surface area contributed by atoms with E-state index in [1.165, 1.54) is 23.1 Å². The highest BCUT2D eigenvalue weighted by molar-refractivity contribution is 5.78. The lowest BCUT2D eigenvalue weighted by molar-refractivity contribution is -0.139. The summed E-state index contributed by atoms with van der Waals surface area (Å²) in [5.74, 6) is -0.877. The number of carbonyl (C=O) groups is 1. The molecule has 3 nitrogen and oxygen atoms in total. The summed E-state index contributed by atoms with van der Waals surface area (Å²) in [7, 11) is 4.19. The summed E-state index contributed by atoms with van der Waals surface area (Å²) in [6, 6.07) is 18.6. The minimum Gasteiger partial charge on any atom is -0.481 e. The molecule has 0 aliphatic heterocycles. The Labute approximate surface area is 187 Å². The van der Waals surface area contributed by atoms with E-state index in [4.69, 9.17) is 0 Å². The van der Waals surface area contributed by atoms with Crippen LogP contribution >= 0.6 is 0 Å². The summed E-state index contributed by atoms with van der Waals surface area (Å²) in [4.78, 5) is 14.9. The molecule has 31 heavy (non-hydrogen) atoms. The zero-order valence-corrected chi connectivity index (χ0v) is 19.5. The van der Waals surface area contributed by atoms with Crippen molar-refractivity contribution >= 4 is 5.97 Å². The number of carboxylic acids is 1. The molecule has 1 aliphatic rings. The molecule has 0 aromatic heterocycles. The number of rotatable bonds is 9. The third kappa shape index (κ3) is 6.07. The fraction of sp³-hybridized carbons (Fsp3) is 0.464. The number of hydrogen-bond acceptors (Lipinski definition) is 2. The monoisotopic (exact) mass is 419 g/mol. The van der Waals surface area contributed by atoms with Crippen LogP contribution in [0.3, 0.4) is 0 Å². The molecule has 0 amide bonds. The molecular formula is C28H37NO2. The first kappa shape index (κ1) is 23.3. The minimum absolute atomic E-state index is 0.134. The first-order valence-electron chi connectivity index (χ1n) is 11.6. The Balaban J connectivity index is 2.10. The van der Waals surface area contributed by atoms with Crippen LogP contribution in [-0.4, -0.2) is 36.6 Å². The van der Waals surface area contributed by atoms with Crippen molar-refractivity contribution in [1.29, 1.82) is 0 Å². The third-order valence-electron chi connectivity index (χ3n) is 6.25. The Morgan fingerprint density at radius 1 is 0.935 bits per heavy atom. The molecule has 0 saturated heterocycles. The number of likely N-dealkylation sites (N-methyl/N-ethyl adjacent to an activating group) is 1. The second kappa shape index (κ2) is 10.8. The van der Waals surface area contributed by atoms with Gasteiger partial charge in [0, 0.05) is 12.5 Å². The van der Waals surface area contributed by atoms with Gasteiger partial charge < -0.3 is 10.0 Å². The highest BCUT2D eigenvalue weighted by Crippen LogP contribution is 2.44. The molecular weight excluding hydrogens is 382 g/mol. The van der Waals surface area contributed by atoms with Gasteiger partial charge in [-0.05, 0) is 68.8 Å². The van der Waals surface area contributed by atoms with E-state index in [2.05, 4.69) is 57.1 Å². The van der Waals surface area contributed by atoms with Crippen molar-refractivity contribution in [3.63, 3.8) is 0 Å². The molecule has 0 bridgehead atoms. The molecule has 1 aliphatic carbocycles. The van der Waals surface area contributed by atoms with E-state index < -0.39 is 11.9 Å². The zero-order valence-electron chi connectivity index (χ0n) is 19.5. The van der Waals surface area contributed by atoms with E-state index in [0.717, 1.165) is 43.4 Å². The lowest BCUT2D eigenvalue weighted by Crippen LogP contribution is -2.26. The van der Waals surface area contributed by atoms with Crippen LogP contribution in [0.2, 0.25) is 0 Å². The molecule has 2 aromatic carbocycles. The summed E-state index contributed by atoms with van der Waals surface area (Å²) >= 11 is 0. The van der Waals surface area contributed by atoms with Gasteiger partial charge in [0.1, 0.15) is 0 Å². The Morgan fingerprint density at radius 2 is 1.58 bits per heavy atom. The van der Waals surface area contributed by atoms with Crippen LogP contribution in [0.4, 0.5) is 0 Å². The van der Waals surface area contributed by atoms with E-state index in [0.29, 0.717) is 5.92 Å².